The molecule has 1 unspecified atom stereocenters. The molecule has 1 saturated heterocycles. The van der Waals surface area contributed by atoms with E-state index in [1.165, 1.54) is 18.9 Å². The molecule has 1 atom stereocenters. The van der Waals surface area contributed by atoms with Crippen LogP contribution in [0.3, 0.4) is 0 Å². The van der Waals surface area contributed by atoms with Gasteiger partial charge in [-0.3, -0.25) is 14.5 Å². The van der Waals surface area contributed by atoms with E-state index >= 15 is 0 Å². The molecule has 3 aromatic carbocycles. The Labute approximate surface area is 242 Å². The van der Waals surface area contributed by atoms with Crippen LogP contribution in [0.15, 0.2) is 71.7 Å². The predicted molar refractivity (Wildman–Crippen MR) is 157 cm³/mol. The number of carbonyl (C=O) groups is 3. The first-order valence-corrected chi connectivity index (χ1v) is 13.6. The van der Waals surface area contributed by atoms with Gasteiger partial charge in [0.25, 0.3) is 0 Å². The molecule has 0 saturated carbocycles. The SMILES string of the molecule is COC(=O)c1ccc(NC(=O)CC2SC(=Nc3ccc(OC)cc3)N(CCc3ccc(OC)c(OC)c3)C2=O)cc1. The van der Waals surface area contributed by atoms with E-state index in [1.54, 1.807) is 74.8 Å². The number of amidine groups is 1. The van der Waals surface area contributed by atoms with Gasteiger partial charge in [0, 0.05) is 18.7 Å². The summed E-state index contributed by atoms with van der Waals surface area (Å²) in [5.41, 5.74) is 2.50. The van der Waals surface area contributed by atoms with Gasteiger partial charge in [-0.1, -0.05) is 17.8 Å². The highest BCUT2D eigenvalue weighted by atomic mass is 32.2. The van der Waals surface area contributed by atoms with Gasteiger partial charge in [0.05, 0.1) is 39.7 Å². The zero-order valence-corrected chi connectivity index (χ0v) is 24.0. The van der Waals surface area contributed by atoms with Crippen LogP contribution >= 0.6 is 11.8 Å². The number of nitrogens with one attached hydrogen (secondary N) is 1. The topological polar surface area (TPSA) is 116 Å². The first-order chi connectivity index (χ1) is 19.8. The lowest BCUT2D eigenvalue weighted by Gasteiger charge is -2.17. The molecular formula is C30H31N3O7S. The number of rotatable bonds is 11. The Hall–Kier alpha value is -4.51. The van der Waals surface area contributed by atoms with Crippen LogP contribution in [0.2, 0.25) is 0 Å². The largest absolute Gasteiger partial charge is 0.497 e. The summed E-state index contributed by atoms with van der Waals surface area (Å²) in [5, 5.41) is 2.66. The maximum atomic E-state index is 13.5. The summed E-state index contributed by atoms with van der Waals surface area (Å²) in [6, 6.07) is 19.2. The molecule has 1 heterocycles. The van der Waals surface area contributed by atoms with Crippen molar-refractivity contribution in [2.24, 2.45) is 4.99 Å². The van der Waals surface area contributed by atoms with Gasteiger partial charge in [0.1, 0.15) is 11.0 Å². The van der Waals surface area contributed by atoms with Crippen molar-refractivity contribution in [2.75, 3.05) is 40.3 Å². The van der Waals surface area contributed by atoms with Crippen molar-refractivity contribution >= 4 is 46.1 Å². The second-order valence-electron chi connectivity index (χ2n) is 8.95. The van der Waals surface area contributed by atoms with Gasteiger partial charge in [-0.25, -0.2) is 9.79 Å². The number of thioether (sulfide) groups is 1. The number of hydrogen-bond donors (Lipinski definition) is 1. The number of amides is 2. The fraction of sp³-hybridized carbons (Fsp3) is 0.267. The first-order valence-electron chi connectivity index (χ1n) is 12.7. The summed E-state index contributed by atoms with van der Waals surface area (Å²) >= 11 is 1.26. The summed E-state index contributed by atoms with van der Waals surface area (Å²) in [6.45, 7) is 0.364. The monoisotopic (exact) mass is 577 g/mol. The van der Waals surface area contributed by atoms with Crippen LogP contribution in [0.4, 0.5) is 11.4 Å². The molecule has 0 aromatic heterocycles. The number of methoxy groups -OCH3 is 4. The lowest BCUT2D eigenvalue weighted by Crippen LogP contribution is -2.35. The van der Waals surface area contributed by atoms with Gasteiger partial charge < -0.3 is 24.3 Å². The zero-order chi connectivity index (χ0) is 29.4. The number of aliphatic imine (C=N–C) groups is 1. The van der Waals surface area contributed by atoms with Gasteiger partial charge in [-0.15, -0.1) is 0 Å². The summed E-state index contributed by atoms with van der Waals surface area (Å²) in [5.74, 6) is 0.938. The third-order valence-corrected chi connectivity index (χ3v) is 7.53. The van der Waals surface area contributed by atoms with Crippen molar-refractivity contribution in [3.05, 3.63) is 77.9 Å². The Bertz CT molecular complexity index is 1430. The van der Waals surface area contributed by atoms with Gasteiger partial charge in [0.2, 0.25) is 11.8 Å². The Balaban J connectivity index is 1.50. The van der Waals surface area contributed by atoms with Crippen molar-refractivity contribution in [1.82, 2.24) is 4.90 Å². The molecule has 1 N–H and O–H groups in total. The van der Waals surface area contributed by atoms with Crippen LogP contribution in [-0.4, -0.2) is 68.1 Å². The normalized spacial score (nSPS) is 15.5. The molecule has 0 bridgehead atoms. The molecule has 1 aliphatic rings. The summed E-state index contributed by atoms with van der Waals surface area (Å²) < 4.78 is 20.7. The quantitative estimate of drug-likeness (QED) is 0.326. The molecule has 11 heteroatoms. The third-order valence-electron chi connectivity index (χ3n) is 6.35. The lowest BCUT2D eigenvalue weighted by atomic mass is 10.1. The average Bonchev–Trinajstić information content (AvgIpc) is 3.28. The maximum Gasteiger partial charge on any atom is 0.337 e. The molecule has 0 spiro atoms. The molecule has 10 nitrogen and oxygen atoms in total. The van der Waals surface area contributed by atoms with Crippen LogP contribution in [0.25, 0.3) is 0 Å². The number of nitrogens with zero attached hydrogens (tertiary/aromatic N) is 2. The molecule has 3 aromatic rings. The molecule has 0 radical (unpaired) electrons. The van der Waals surface area contributed by atoms with E-state index in [0.717, 1.165) is 5.56 Å². The number of esters is 1. The minimum atomic E-state index is -0.647. The van der Waals surface area contributed by atoms with Crippen LogP contribution < -0.4 is 19.5 Å². The van der Waals surface area contributed by atoms with Crippen LogP contribution in [-0.2, 0) is 20.7 Å². The first kappa shape index (κ1) is 29.5. The molecule has 2 amide bonds. The number of benzene rings is 3. The number of carbonyl (C=O) groups excluding carboxylic acids is 3. The van der Waals surface area contributed by atoms with Gasteiger partial charge in [-0.2, -0.15) is 0 Å². The van der Waals surface area contributed by atoms with E-state index in [1.807, 2.05) is 18.2 Å². The van der Waals surface area contributed by atoms with Gasteiger partial charge >= 0.3 is 5.97 Å². The van der Waals surface area contributed by atoms with E-state index in [4.69, 9.17) is 23.9 Å². The van der Waals surface area contributed by atoms with E-state index in [9.17, 15) is 14.4 Å². The summed E-state index contributed by atoms with van der Waals surface area (Å²) in [7, 11) is 6.04. The lowest BCUT2D eigenvalue weighted by molar-refractivity contribution is -0.128. The number of ether oxygens (including phenoxy) is 4. The molecule has 4 rings (SSSR count). The third kappa shape index (κ3) is 7.37. The zero-order valence-electron chi connectivity index (χ0n) is 23.2. The molecule has 0 aliphatic carbocycles. The molecule has 1 fully saturated rings. The highest BCUT2D eigenvalue weighted by Crippen LogP contribution is 2.33. The summed E-state index contributed by atoms with van der Waals surface area (Å²) in [6.07, 6.45) is 0.497. The Morgan fingerprint density at radius 1 is 0.902 bits per heavy atom. The van der Waals surface area contributed by atoms with Crippen LogP contribution in [0, 0.1) is 0 Å². The fourth-order valence-corrected chi connectivity index (χ4v) is 5.35. The van der Waals surface area contributed by atoms with Crippen molar-refractivity contribution < 1.29 is 33.3 Å². The van der Waals surface area contributed by atoms with E-state index < -0.39 is 11.2 Å². The van der Waals surface area contributed by atoms with Crippen LogP contribution in [0.5, 0.6) is 17.2 Å². The average molecular weight is 578 g/mol. The molecule has 214 valence electrons. The highest BCUT2D eigenvalue weighted by molar-refractivity contribution is 8.15. The smallest absolute Gasteiger partial charge is 0.337 e. The van der Waals surface area contributed by atoms with Crippen LogP contribution in [0.1, 0.15) is 22.3 Å². The van der Waals surface area contributed by atoms with E-state index in [2.05, 4.69) is 5.32 Å². The van der Waals surface area contributed by atoms with Crippen molar-refractivity contribution in [2.45, 2.75) is 18.1 Å². The van der Waals surface area contributed by atoms with Gasteiger partial charge in [-0.05, 0) is 72.6 Å². The number of hydrogen-bond acceptors (Lipinski definition) is 9. The molecule has 41 heavy (non-hydrogen) atoms. The predicted octanol–water partition coefficient (Wildman–Crippen LogP) is 4.70. The Kier molecular flexibility index (Phi) is 9.86. The number of anilines is 1. The standard InChI is InChI=1S/C30H31N3O7S/c1-37-23-12-10-22(11-13-23)32-30-33(16-15-19-5-14-24(38-2)25(17-19)39-3)28(35)26(41-30)18-27(34)31-21-8-6-20(7-9-21)29(36)40-4/h5-14,17,26H,15-16,18H2,1-4H3,(H,31,34). The molecule has 1 aliphatic heterocycles. The second-order valence-corrected chi connectivity index (χ2v) is 10.1. The maximum absolute atomic E-state index is 13.5. The summed E-state index contributed by atoms with van der Waals surface area (Å²) in [4.78, 5) is 44.4. The second kappa shape index (κ2) is 13.7. The minimum absolute atomic E-state index is 0.0449. The van der Waals surface area contributed by atoms with Crippen molar-refractivity contribution in [3.8, 4) is 17.2 Å². The molecular weight excluding hydrogens is 546 g/mol. The van der Waals surface area contributed by atoms with Crippen molar-refractivity contribution in [1.29, 1.82) is 0 Å². The van der Waals surface area contributed by atoms with Crippen molar-refractivity contribution in [3.63, 3.8) is 0 Å². The highest BCUT2D eigenvalue weighted by Gasteiger charge is 2.39. The fourth-order valence-electron chi connectivity index (χ4n) is 4.16. The Morgan fingerprint density at radius 2 is 1.61 bits per heavy atom. The van der Waals surface area contributed by atoms with Gasteiger partial charge in [0.15, 0.2) is 16.7 Å². The Morgan fingerprint density at radius 3 is 2.24 bits per heavy atom. The van der Waals surface area contributed by atoms with E-state index in [-0.39, 0.29) is 18.2 Å². The minimum Gasteiger partial charge on any atom is -0.497 e. The van der Waals surface area contributed by atoms with E-state index in [0.29, 0.717) is 52.3 Å².